The first-order chi connectivity index (χ1) is 9.33. The van der Waals surface area contributed by atoms with E-state index in [9.17, 15) is 0 Å². The molecule has 0 aliphatic heterocycles. The van der Waals surface area contributed by atoms with E-state index in [1.165, 1.54) is 9.86 Å². The van der Waals surface area contributed by atoms with Crippen molar-refractivity contribution in [2.24, 2.45) is 0 Å². The number of hydrogen-bond acceptors (Lipinski definition) is 1. The van der Waals surface area contributed by atoms with Crippen molar-refractivity contribution in [1.82, 2.24) is 9.97 Å². The third-order valence-corrected chi connectivity index (χ3v) is 12.9. The molecule has 0 saturated carbocycles. The summed E-state index contributed by atoms with van der Waals surface area (Å²) in [6.07, 6.45) is 3.98. The minimum Gasteiger partial charge on any atom is -0.346 e. The molecule has 0 bridgehead atoms. The van der Waals surface area contributed by atoms with Crippen LogP contribution in [0.1, 0.15) is 41.5 Å². The van der Waals surface area contributed by atoms with Crippen LogP contribution in [0.4, 0.5) is 0 Å². The monoisotopic (exact) mass is 352 g/mol. The molecule has 0 aromatic carbocycles. The molecule has 1 N–H and O–H groups in total. The normalized spacial score (nSPS) is 13.1. The lowest BCUT2D eigenvalue weighted by atomic mass is 10.3. The van der Waals surface area contributed by atoms with Crippen LogP contribution in [0.2, 0.25) is 16.6 Å². The van der Waals surface area contributed by atoms with Crippen LogP contribution in [-0.2, 0) is 0 Å². The summed E-state index contributed by atoms with van der Waals surface area (Å²) in [6.45, 7) is 14.4. The van der Waals surface area contributed by atoms with Crippen LogP contribution in [0.15, 0.2) is 22.9 Å². The average Bonchev–Trinajstić information content (AvgIpc) is 2.79. The first-order valence-electron chi connectivity index (χ1n) is 7.45. The van der Waals surface area contributed by atoms with Crippen molar-refractivity contribution in [3.05, 3.63) is 22.9 Å². The minimum absolute atomic E-state index is 0.694. The zero-order valence-corrected chi connectivity index (χ0v) is 15.9. The second-order valence-electron chi connectivity index (χ2n) is 6.62. The molecule has 110 valence electrons. The lowest BCUT2D eigenvalue weighted by Crippen LogP contribution is -2.56. The molecule has 2 aromatic rings. The number of halogens is 1. The summed E-state index contributed by atoms with van der Waals surface area (Å²) >= 11 is 3.80. The van der Waals surface area contributed by atoms with Gasteiger partial charge in [0, 0.05) is 22.3 Å². The van der Waals surface area contributed by atoms with Crippen LogP contribution >= 0.6 is 15.9 Å². The fourth-order valence-corrected chi connectivity index (χ4v) is 12.5. The molecule has 2 aromatic heterocycles. The van der Waals surface area contributed by atoms with E-state index >= 15 is 0 Å². The quantitative estimate of drug-likeness (QED) is 0.751. The van der Waals surface area contributed by atoms with Gasteiger partial charge in [0.2, 0.25) is 0 Å². The maximum atomic E-state index is 4.51. The van der Waals surface area contributed by atoms with Crippen LogP contribution in [0.25, 0.3) is 11.0 Å². The molecular formula is C16H25BrN2Si. The number of nitrogens with one attached hydrogen (secondary N) is 1. The van der Waals surface area contributed by atoms with E-state index in [0.29, 0.717) is 16.6 Å². The van der Waals surface area contributed by atoms with Crippen LogP contribution in [-0.4, -0.2) is 18.0 Å². The number of fused-ring (bicyclic) bond motifs is 1. The molecule has 4 heteroatoms. The summed E-state index contributed by atoms with van der Waals surface area (Å²) in [5.41, 5.74) is 3.10. The number of H-pyrrole nitrogens is 1. The largest absolute Gasteiger partial charge is 0.346 e. The van der Waals surface area contributed by atoms with Gasteiger partial charge < -0.3 is 4.98 Å². The van der Waals surface area contributed by atoms with Crippen molar-refractivity contribution < 1.29 is 0 Å². The SMILES string of the molecule is CC(C)[Si](c1c(Br)cnc2[nH]ccc12)(C(C)C)C(C)C. The van der Waals surface area contributed by atoms with Gasteiger partial charge in [0.25, 0.3) is 0 Å². The van der Waals surface area contributed by atoms with Crippen LogP contribution < -0.4 is 5.19 Å². The van der Waals surface area contributed by atoms with Crippen LogP contribution in [0.5, 0.6) is 0 Å². The number of rotatable bonds is 4. The molecule has 0 fully saturated rings. The summed E-state index contributed by atoms with van der Waals surface area (Å²) in [5.74, 6) is 0. The Morgan fingerprint density at radius 2 is 1.60 bits per heavy atom. The lowest BCUT2D eigenvalue weighted by molar-refractivity contribution is 0.835. The predicted octanol–water partition coefficient (Wildman–Crippen LogP) is 5.21. The van der Waals surface area contributed by atoms with Crippen molar-refractivity contribution in [1.29, 1.82) is 0 Å². The highest BCUT2D eigenvalue weighted by Crippen LogP contribution is 2.43. The maximum absolute atomic E-state index is 4.51. The molecule has 2 nitrogen and oxygen atoms in total. The maximum Gasteiger partial charge on any atom is 0.137 e. The molecule has 0 aliphatic rings. The van der Waals surface area contributed by atoms with Crippen LogP contribution in [0, 0.1) is 0 Å². The zero-order chi connectivity index (χ0) is 15.1. The molecule has 0 unspecified atom stereocenters. The Labute approximate surface area is 131 Å². The Bertz CT molecular complexity index is 580. The van der Waals surface area contributed by atoms with Gasteiger partial charge in [0.1, 0.15) is 5.65 Å². The Morgan fingerprint density at radius 3 is 2.10 bits per heavy atom. The van der Waals surface area contributed by atoms with Gasteiger partial charge in [0.05, 0.1) is 8.07 Å². The van der Waals surface area contributed by atoms with Crippen LogP contribution in [0.3, 0.4) is 0 Å². The second-order valence-corrected chi connectivity index (χ2v) is 13.3. The predicted molar refractivity (Wildman–Crippen MR) is 94.5 cm³/mol. The van der Waals surface area contributed by atoms with E-state index < -0.39 is 8.07 Å². The number of nitrogens with zero attached hydrogens (tertiary/aromatic N) is 1. The Kier molecular flexibility index (Phi) is 4.45. The summed E-state index contributed by atoms with van der Waals surface area (Å²) < 4.78 is 1.19. The molecule has 0 saturated heterocycles. The number of aromatic nitrogens is 2. The summed E-state index contributed by atoms with van der Waals surface area (Å²) in [4.78, 5) is 7.78. The molecule has 0 radical (unpaired) electrons. The van der Waals surface area contributed by atoms with Crippen molar-refractivity contribution in [3.8, 4) is 0 Å². The van der Waals surface area contributed by atoms with Gasteiger partial charge in [-0.1, -0.05) is 41.5 Å². The fraction of sp³-hybridized carbons (Fsp3) is 0.562. The summed E-state index contributed by atoms with van der Waals surface area (Å²) in [5, 5.41) is 2.85. The molecule has 2 heterocycles. The van der Waals surface area contributed by atoms with Gasteiger partial charge in [-0.3, -0.25) is 0 Å². The highest BCUT2D eigenvalue weighted by Gasteiger charge is 2.46. The molecule has 0 spiro atoms. The molecule has 0 aliphatic carbocycles. The highest BCUT2D eigenvalue weighted by atomic mass is 79.9. The third kappa shape index (κ3) is 2.17. The van der Waals surface area contributed by atoms with Crippen molar-refractivity contribution in [2.45, 2.75) is 58.2 Å². The first kappa shape index (κ1) is 15.8. The van der Waals surface area contributed by atoms with Gasteiger partial charge in [-0.15, -0.1) is 0 Å². The van der Waals surface area contributed by atoms with E-state index in [4.69, 9.17) is 0 Å². The Balaban J connectivity index is 2.87. The second kappa shape index (κ2) is 5.64. The molecule has 20 heavy (non-hydrogen) atoms. The summed E-state index contributed by atoms with van der Waals surface area (Å²) in [7, 11) is -1.68. The van der Waals surface area contributed by atoms with E-state index in [0.717, 1.165) is 5.65 Å². The van der Waals surface area contributed by atoms with Crippen molar-refractivity contribution in [2.75, 3.05) is 0 Å². The van der Waals surface area contributed by atoms with E-state index in [2.05, 4.69) is 73.5 Å². The lowest BCUT2D eigenvalue weighted by Gasteiger charge is -2.44. The molecule has 0 atom stereocenters. The topological polar surface area (TPSA) is 28.7 Å². The molecule has 2 rings (SSSR count). The van der Waals surface area contributed by atoms with E-state index in [-0.39, 0.29) is 0 Å². The third-order valence-electron chi connectivity index (χ3n) is 4.84. The Morgan fingerprint density at radius 1 is 1.05 bits per heavy atom. The first-order valence-corrected chi connectivity index (χ1v) is 10.5. The number of pyridine rings is 1. The Hall–Kier alpha value is -0.613. The van der Waals surface area contributed by atoms with E-state index in [1.54, 1.807) is 5.19 Å². The molecular weight excluding hydrogens is 328 g/mol. The van der Waals surface area contributed by atoms with Gasteiger partial charge in [-0.05, 0) is 43.8 Å². The van der Waals surface area contributed by atoms with Crippen molar-refractivity contribution in [3.63, 3.8) is 0 Å². The molecule has 0 amide bonds. The van der Waals surface area contributed by atoms with Gasteiger partial charge in [-0.2, -0.15) is 0 Å². The smallest absolute Gasteiger partial charge is 0.137 e. The summed E-state index contributed by atoms with van der Waals surface area (Å²) in [6, 6.07) is 2.19. The average molecular weight is 353 g/mol. The van der Waals surface area contributed by atoms with E-state index in [1.807, 2.05) is 12.4 Å². The standard InChI is InChI=1S/C16H25BrN2Si/c1-10(2)20(11(3)4,12(5)6)15-13-7-8-18-16(13)19-9-14(15)17/h7-12H,1-6H3,(H,18,19). The minimum atomic E-state index is -1.68. The fourth-order valence-electron chi connectivity index (χ4n) is 4.29. The van der Waals surface area contributed by atoms with Gasteiger partial charge in [0.15, 0.2) is 0 Å². The van der Waals surface area contributed by atoms with Gasteiger partial charge in [-0.25, -0.2) is 4.98 Å². The highest BCUT2D eigenvalue weighted by molar-refractivity contribution is 9.10. The number of hydrogen-bond donors (Lipinski definition) is 1. The number of aromatic amines is 1. The zero-order valence-electron chi connectivity index (χ0n) is 13.3. The van der Waals surface area contributed by atoms with Crippen molar-refractivity contribution >= 4 is 40.2 Å². The van der Waals surface area contributed by atoms with Gasteiger partial charge >= 0.3 is 0 Å².